The zero-order valence-electron chi connectivity index (χ0n) is 11.3. The number of nitrogens with two attached hydrogens (primary N) is 1. The molecule has 0 heterocycles. The van der Waals surface area contributed by atoms with Crippen LogP contribution in [0.3, 0.4) is 0 Å². The Hall–Kier alpha value is -2.53. The molecule has 0 aliphatic heterocycles. The van der Waals surface area contributed by atoms with E-state index < -0.39 is 0 Å². The highest BCUT2D eigenvalue weighted by molar-refractivity contribution is 6.31. The van der Waals surface area contributed by atoms with Gasteiger partial charge in [-0.25, -0.2) is 0 Å². The van der Waals surface area contributed by atoms with Crippen LogP contribution in [0.1, 0.15) is 15.9 Å². The quantitative estimate of drug-likeness (QED) is 0.396. The van der Waals surface area contributed by atoms with E-state index in [9.17, 15) is 4.79 Å². The summed E-state index contributed by atoms with van der Waals surface area (Å²) in [5.74, 6) is -0.299. The van der Waals surface area contributed by atoms with E-state index in [1.165, 1.54) is 4.90 Å². The Morgan fingerprint density at radius 2 is 1.95 bits per heavy atom. The van der Waals surface area contributed by atoms with Crippen molar-refractivity contribution in [3.63, 3.8) is 0 Å². The van der Waals surface area contributed by atoms with Crippen LogP contribution in [0.15, 0.2) is 53.7 Å². The summed E-state index contributed by atoms with van der Waals surface area (Å²) in [6.45, 7) is 0. The number of carbonyl (C=O) groups is 1. The fourth-order valence-electron chi connectivity index (χ4n) is 1.96. The third-order valence-corrected chi connectivity index (χ3v) is 3.26. The topological polar surface area (TPSA) is 78.9 Å². The van der Waals surface area contributed by atoms with E-state index in [2.05, 4.69) is 5.16 Å². The van der Waals surface area contributed by atoms with E-state index in [0.29, 0.717) is 21.8 Å². The largest absolute Gasteiger partial charge is 0.409 e. The second-order valence-corrected chi connectivity index (χ2v) is 4.81. The van der Waals surface area contributed by atoms with Gasteiger partial charge in [0.2, 0.25) is 0 Å². The molecule has 2 aromatic rings. The zero-order chi connectivity index (χ0) is 15.4. The second kappa shape index (κ2) is 6.28. The summed E-state index contributed by atoms with van der Waals surface area (Å²) in [4.78, 5) is 13.9. The fraction of sp³-hybridized carbons (Fsp3) is 0.0667. The molecular formula is C15H14ClN3O2. The molecule has 0 aromatic heterocycles. The number of halogens is 1. The SMILES string of the molecule is CN(C(=O)c1cccc(Cl)c1)c1ccccc1/C(N)=N/O. The molecule has 0 atom stereocenters. The van der Waals surface area contributed by atoms with Crippen LogP contribution in [0.25, 0.3) is 0 Å². The highest BCUT2D eigenvalue weighted by atomic mass is 35.5. The van der Waals surface area contributed by atoms with Crippen LogP contribution in [0.5, 0.6) is 0 Å². The number of para-hydroxylation sites is 1. The predicted molar refractivity (Wildman–Crippen MR) is 83.1 cm³/mol. The van der Waals surface area contributed by atoms with Gasteiger partial charge in [-0.3, -0.25) is 4.79 Å². The van der Waals surface area contributed by atoms with Gasteiger partial charge < -0.3 is 15.8 Å². The average Bonchev–Trinajstić information content (AvgIpc) is 2.52. The van der Waals surface area contributed by atoms with Crippen LogP contribution in [0.2, 0.25) is 5.02 Å². The van der Waals surface area contributed by atoms with Gasteiger partial charge in [0.1, 0.15) is 0 Å². The molecule has 6 heteroatoms. The van der Waals surface area contributed by atoms with Crippen molar-refractivity contribution < 1.29 is 10.0 Å². The molecule has 1 amide bonds. The van der Waals surface area contributed by atoms with Crippen LogP contribution in [0.4, 0.5) is 5.69 Å². The number of oxime groups is 1. The highest BCUT2D eigenvalue weighted by Crippen LogP contribution is 2.22. The lowest BCUT2D eigenvalue weighted by molar-refractivity contribution is 0.0993. The van der Waals surface area contributed by atoms with Crippen LogP contribution < -0.4 is 10.6 Å². The van der Waals surface area contributed by atoms with Crippen LogP contribution in [0, 0.1) is 0 Å². The Labute approximate surface area is 127 Å². The summed E-state index contributed by atoms with van der Waals surface area (Å²) in [5.41, 5.74) is 7.10. The molecule has 0 fully saturated rings. The van der Waals surface area contributed by atoms with Crippen LogP contribution in [-0.2, 0) is 0 Å². The maximum atomic E-state index is 12.5. The lowest BCUT2D eigenvalue weighted by atomic mass is 10.1. The molecule has 0 unspecified atom stereocenters. The fourth-order valence-corrected chi connectivity index (χ4v) is 2.15. The Morgan fingerprint density at radius 1 is 1.24 bits per heavy atom. The number of hydrogen-bond donors (Lipinski definition) is 2. The molecule has 0 aliphatic carbocycles. The lowest BCUT2D eigenvalue weighted by Gasteiger charge is -2.20. The number of benzene rings is 2. The van der Waals surface area contributed by atoms with Gasteiger partial charge in [-0.1, -0.05) is 35.0 Å². The van der Waals surface area contributed by atoms with Gasteiger partial charge in [0.25, 0.3) is 5.91 Å². The molecule has 0 aliphatic rings. The third-order valence-electron chi connectivity index (χ3n) is 3.03. The molecule has 2 aromatic carbocycles. The first-order valence-corrected chi connectivity index (χ1v) is 6.53. The maximum absolute atomic E-state index is 12.5. The van der Waals surface area contributed by atoms with Gasteiger partial charge in [0.05, 0.1) is 5.69 Å². The smallest absolute Gasteiger partial charge is 0.258 e. The molecule has 0 saturated carbocycles. The molecule has 0 bridgehead atoms. The standard InChI is InChI=1S/C15H14ClN3O2/c1-19(15(20)10-5-4-6-11(16)9-10)13-8-3-2-7-12(13)14(17)18-21/h2-9,21H,1H3,(H2,17,18). The first-order chi connectivity index (χ1) is 10.0. The molecule has 0 saturated heterocycles. The second-order valence-electron chi connectivity index (χ2n) is 4.38. The van der Waals surface area contributed by atoms with Crippen molar-refractivity contribution in [2.24, 2.45) is 10.9 Å². The summed E-state index contributed by atoms with van der Waals surface area (Å²) in [7, 11) is 1.62. The van der Waals surface area contributed by atoms with Crippen LogP contribution >= 0.6 is 11.6 Å². The third kappa shape index (κ3) is 3.14. The van der Waals surface area contributed by atoms with Crippen molar-refractivity contribution in [3.8, 4) is 0 Å². The number of nitrogens with zero attached hydrogens (tertiary/aromatic N) is 2. The number of carbonyl (C=O) groups excluding carboxylic acids is 1. The Bertz CT molecular complexity index is 701. The van der Waals surface area contributed by atoms with Gasteiger partial charge >= 0.3 is 0 Å². The number of amidine groups is 1. The number of amides is 1. The minimum absolute atomic E-state index is 0.0589. The van der Waals surface area contributed by atoms with Gasteiger partial charge in [0, 0.05) is 23.2 Å². The van der Waals surface area contributed by atoms with E-state index in [1.54, 1.807) is 55.6 Å². The van der Waals surface area contributed by atoms with E-state index >= 15 is 0 Å². The monoisotopic (exact) mass is 303 g/mol. The number of rotatable bonds is 3. The van der Waals surface area contributed by atoms with Gasteiger partial charge in [-0.2, -0.15) is 0 Å². The minimum Gasteiger partial charge on any atom is -0.409 e. The average molecular weight is 304 g/mol. The Kier molecular flexibility index (Phi) is 4.45. The molecule has 3 N–H and O–H groups in total. The van der Waals surface area contributed by atoms with E-state index in [0.717, 1.165) is 0 Å². The van der Waals surface area contributed by atoms with Gasteiger partial charge in [-0.15, -0.1) is 0 Å². The highest BCUT2D eigenvalue weighted by Gasteiger charge is 2.17. The molecule has 2 rings (SSSR count). The molecular weight excluding hydrogens is 290 g/mol. The van der Waals surface area contributed by atoms with Gasteiger partial charge in [0.15, 0.2) is 5.84 Å². The summed E-state index contributed by atoms with van der Waals surface area (Å²) in [6, 6.07) is 13.6. The number of hydrogen-bond acceptors (Lipinski definition) is 3. The van der Waals surface area contributed by atoms with E-state index in [4.69, 9.17) is 22.5 Å². The molecule has 5 nitrogen and oxygen atoms in total. The molecule has 0 radical (unpaired) electrons. The molecule has 21 heavy (non-hydrogen) atoms. The summed E-state index contributed by atoms with van der Waals surface area (Å²) in [6.07, 6.45) is 0. The van der Waals surface area contributed by atoms with E-state index in [-0.39, 0.29) is 11.7 Å². The predicted octanol–water partition coefficient (Wildman–Crippen LogP) is 2.71. The van der Waals surface area contributed by atoms with Crippen molar-refractivity contribution in [2.45, 2.75) is 0 Å². The first kappa shape index (κ1) is 14.9. The summed E-state index contributed by atoms with van der Waals surface area (Å²) < 4.78 is 0. The minimum atomic E-state index is -0.240. The van der Waals surface area contributed by atoms with Crippen molar-refractivity contribution in [3.05, 3.63) is 64.7 Å². The van der Waals surface area contributed by atoms with E-state index in [1.807, 2.05) is 0 Å². The normalized spacial score (nSPS) is 11.2. The van der Waals surface area contributed by atoms with Crippen molar-refractivity contribution in [1.29, 1.82) is 0 Å². The summed E-state index contributed by atoms with van der Waals surface area (Å²) >= 11 is 5.90. The zero-order valence-corrected chi connectivity index (χ0v) is 12.1. The Morgan fingerprint density at radius 3 is 2.62 bits per heavy atom. The van der Waals surface area contributed by atoms with Crippen LogP contribution in [-0.4, -0.2) is 24.0 Å². The number of anilines is 1. The maximum Gasteiger partial charge on any atom is 0.258 e. The lowest BCUT2D eigenvalue weighted by Crippen LogP contribution is -2.29. The summed E-state index contributed by atoms with van der Waals surface area (Å²) in [5, 5.41) is 12.3. The van der Waals surface area contributed by atoms with Crippen molar-refractivity contribution in [2.75, 3.05) is 11.9 Å². The van der Waals surface area contributed by atoms with Crippen molar-refractivity contribution in [1.82, 2.24) is 0 Å². The first-order valence-electron chi connectivity index (χ1n) is 6.15. The van der Waals surface area contributed by atoms with Gasteiger partial charge in [-0.05, 0) is 30.3 Å². The Balaban J connectivity index is 2.41. The molecule has 108 valence electrons. The van der Waals surface area contributed by atoms with Crippen molar-refractivity contribution >= 4 is 29.0 Å². The molecule has 0 spiro atoms.